The molecule has 0 saturated heterocycles. The number of carboxylic acid groups (broad SMARTS) is 1. The molecule has 0 amide bonds. The fraction of sp³-hybridized carbons (Fsp3) is 0.0769. The molecule has 1 heterocycles. The van der Waals surface area contributed by atoms with E-state index in [9.17, 15) is 9.18 Å². The van der Waals surface area contributed by atoms with Crippen LogP contribution >= 0.6 is 23.2 Å². The van der Waals surface area contributed by atoms with Crippen LogP contribution < -0.4 is 0 Å². The first kappa shape index (κ1) is 13.8. The quantitative estimate of drug-likeness (QED) is 0.877. The first-order valence-electron chi connectivity index (χ1n) is 5.29. The molecule has 1 aromatic carbocycles. The Balaban J connectivity index is 2.54. The summed E-state index contributed by atoms with van der Waals surface area (Å²) in [4.78, 5) is 14.2. The van der Waals surface area contributed by atoms with E-state index < -0.39 is 11.9 Å². The number of halogens is 3. The second-order valence-corrected chi connectivity index (χ2v) is 4.72. The molecule has 0 atom stereocenters. The van der Waals surface area contributed by atoms with Crippen LogP contribution in [0.5, 0.6) is 0 Å². The van der Waals surface area contributed by atoms with Gasteiger partial charge in [-0.3, -0.25) is 4.79 Å². The van der Waals surface area contributed by atoms with Crippen molar-refractivity contribution in [2.75, 3.05) is 0 Å². The number of rotatable bonds is 3. The topological polar surface area (TPSA) is 50.2 Å². The Labute approximate surface area is 118 Å². The van der Waals surface area contributed by atoms with Crippen LogP contribution in [0.25, 0.3) is 11.1 Å². The van der Waals surface area contributed by atoms with Crippen LogP contribution in [0, 0.1) is 5.95 Å². The number of carbonyl (C=O) groups is 1. The highest BCUT2D eigenvalue weighted by molar-refractivity contribution is 6.35. The van der Waals surface area contributed by atoms with Crippen LogP contribution in [0.2, 0.25) is 10.0 Å². The van der Waals surface area contributed by atoms with E-state index in [2.05, 4.69) is 4.98 Å². The van der Waals surface area contributed by atoms with Crippen molar-refractivity contribution in [1.29, 1.82) is 0 Å². The fourth-order valence-corrected chi connectivity index (χ4v) is 2.05. The van der Waals surface area contributed by atoms with Gasteiger partial charge in [-0.15, -0.1) is 0 Å². The molecule has 98 valence electrons. The Kier molecular flexibility index (Phi) is 4.02. The zero-order valence-corrected chi connectivity index (χ0v) is 11.0. The van der Waals surface area contributed by atoms with Crippen molar-refractivity contribution in [2.45, 2.75) is 6.42 Å². The van der Waals surface area contributed by atoms with Gasteiger partial charge in [0.25, 0.3) is 0 Å². The lowest BCUT2D eigenvalue weighted by molar-refractivity contribution is -0.136. The van der Waals surface area contributed by atoms with Crippen molar-refractivity contribution < 1.29 is 14.3 Å². The monoisotopic (exact) mass is 299 g/mol. The molecule has 0 aliphatic rings. The maximum absolute atomic E-state index is 13.7. The van der Waals surface area contributed by atoms with Crippen LogP contribution in [-0.2, 0) is 11.2 Å². The van der Waals surface area contributed by atoms with Crippen LogP contribution in [0.3, 0.4) is 0 Å². The highest BCUT2D eigenvalue weighted by atomic mass is 35.5. The van der Waals surface area contributed by atoms with Crippen molar-refractivity contribution in [2.24, 2.45) is 0 Å². The highest BCUT2D eigenvalue weighted by Crippen LogP contribution is 2.32. The zero-order chi connectivity index (χ0) is 14.0. The first-order valence-corrected chi connectivity index (χ1v) is 6.04. The summed E-state index contributed by atoms with van der Waals surface area (Å²) < 4.78 is 13.7. The minimum atomic E-state index is -1.02. The van der Waals surface area contributed by atoms with E-state index in [1.165, 1.54) is 18.3 Å². The number of pyridine rings is 1. The van der Waals surface area contributed by atoms with Gasteiger partial charge in [-0.05, 0) is 29.8 Å². The molecule has 19 heavy (non-hydrogen) atoms. The lowest BCUT2D eigenvalue weighted by Gasteiger charge is -2.07. The summed E-state index contributed by atoms with van der Waals surface area (Å²) in [6, 6.07) is 6.05. The van der Waals surface area contributed by atoms with E-state index in [1.807, 2.05) is 0 Å². The summed E-state index contributed by atoms with van der Waals surface area (Å²) in [5.74, 6) is -1.74. The zero-order valence-electron chi connectivity index (χ0n) is 9.53. The molecule has 2 aromatic rings. The highest BCUT2D eigenvalue weighted by Gasteiger charge is 2.13. The molecule has 1 aromatic heterocycles. The largest absolute Gasteiger partial charge is 0.481 e. The summed E-state index contributed by atoms with van der Waals surface area (Å²) in [5, 5.41) is 9.45. The smallest absolute Gasteiger partial charge is 0.307 e. The Bertz CT molecular complexity index is 647. The maximum atomic E-state index is 13.7. The molecule has 3 nitrogen and oxygen atoms in total. The number of hydrogen-bond acceptors (Lipinski definition) is 2. The standard InChI is InChI=1S/C13H8Cl2FNO2/c14-8-1-2-11(15)9(5-8)10-3-7(4-12(18)19)6-17-13(10)16/h1-3,5-6H,4H2,(H,18,19). The van der Waals surface area contributed by atoms with E-state index in [1.54, 1.807) is 12.1 Å². The molecule has 0 radical (unpaired) electrons. The van der Waals surface area contributed by atoms with Crippen molar-refractivity contribution in [1.82, 2.24) is 4.98 Å². The molecule has 0 aliphatic carbocycles. The van der Waals surface area contributed by atoms with E-state index in [0.29, 0.717) is 21.2 Å². The number of benzene rings is 1. The predicted octanol–water partition coefficient (Wildman–Crippen LogP) is 3.82. The average molecular weight is 300 g/mol. The third-order valence-electron chi connectivity index (χ3n) is 2.47. The second-order valence-electron chi connectivity index (χ2n) is 3.88. The minimum absolute atomic E-state index is 0.131. The second kappa shape index (κ2) is 5.55. The van der Waals surface area contributed by atoms with Gasteiger partial charge in [0.05, 0.1) is 6.42 Å². The maximum Gasteiger partial charge on any atom is 0.307 e. The molecule has 6 heteroatoms. The Hall–Kier alpha value is -1.65. The van der Waals surface area contributed by atoms with Gasteiger partial charge in [-0.25, -0.2) is 4.98 Å². The minimum Gasteiger partial charge on any atom is -0.481 e. The molecular weight excluding hydrogens is 292 g/mol. The summed E-state index contributed by atoms with van der Waals surface area (Å²) in [5.41, 5.74) is 0.901. The van der Waals surface area contributed by atoms with Crippen LogP contribution in [0.15, 0.2) is 30.5 Å². The average Bonchev–Trinajstić information content (AvgIpc) is 2.34. The Morgan fingerprint density at radius 3 is 2.68 bits per heavy atom. The van der Waals surface area contributed by atoms with Crippen molar-refractivity contribution in [3.8, 4) is 11.1 Å². The normalized spacial score (nSPS) is 10.5. The molecule has 0 bridgehead atoms. The van der Waals surface area contributed by atoms with Gasteiger partial charge < -0.3 is 5.11 Å². The Morgan fingerprint density at radius 1 is 1.26 bits per heavy atom. The lowest BCUT2D eigenvalue weighted by Crippen LogP contribution is -2.02. The number of hydrogen-bond donors (Lipinski definition) is 1. The van der Waals surface area contributed by atoms with Gasteiger partial charge in [-0.2, -0.15) is 4.39 Å². The summed E-state index contributed by atoms with van der Waals surface area (Å²) in [6.45, 7) is 0. The molecule has 1 N–H and O–H groups in total. The summed E-state index contributed by atoms with van der Waals surface area (Å²) in [6.07, 6.45) is 0.948. The molecule has 0 spiro atoms. The number of nitrogens with zero attached hydrogens (tertiary/aromatic N) is 1. The summed E-state index contributed by atoms with van der Waals surface area (Å²) >= 11 is 11.8. The van der Waals surface area contributed by atoms with E-state index in [0.717, 1.165) is 0 Å². The lowest BCUT2D eigenvalue weighted by atomic mass is 10.0. The summed E-state index contributed by atoms with van der Waals surface area (Å²) in [7, 11) is 0. The fourth-order valence-electron chi connectivity index (χ4n) is 1.66. The van der Waals surface area contributed by atoms with Gasteiger partial charge in [0.15, 0.2) is 0 Å². The third kappa shape index (κ3) is 3.22. The molecule has 0 aliphatic heterocycles. The van der Waals surface area contributed by atoms with Crippen LogP contribution in [0.4, 0.5) is 4.39 Å². The first-order chi connectivity index (χ1) is 8.97. The van der Waals surface area contributed by atoms with E-state index >= 15 is 0 Å². The van der Waals surface area contributed by atoms with Crippen molar-refractivity contribution in [3.63, 3.8) is 0 Å². The van der Waals surface area contributed by atoms with Gasteiger partial charge in [0.2, 0.25) is 5.95 Å². The van der Waals surface area contributed by atoms with Crippen molar-refractivity contribution >= 4 is 29.2 Å². The Morgan fingerprint density at radius 2 is 2.00 bits per heavy atom. The van der Waals surface area contributed by atoms with E-state index in [4.69, 9.17) is 28.3 Å². The third-order valence-corrected chi connectivity index (χ3v) is 3.03. The molecule has 0 fully saturated rings. The van der Waals surface area contributed by atoms with Gasteiger partial charge in [0.1, 0.15) is 0 Å². The van der Waals surface area contributed by atoms with Gasteiger partial charge in [-0.1, -0.05) is 23.2 Å². The number of aliphatic carboxylic acids is 1. The molecule has 0 unspecified atom stereocenters. The van der Waals surface area contributed by atoms with E-state index in [-0.39, 0.29) is 12.0 Å². The van der Waals surface area contributed by atoms with Crippen LogP contribution in [-0.4, -0.2) is 16.1 Å². The SMILES string of the molecule is O=C(O)Cc1cnc(F)c(-c2cc(Cl)ccc2Cl)c1. The van der Waals surface area contributed by atoms with Gasteiger partial charge >= 0.3 is 5.97 Å². The molecular formula is C13H8Cl2FNO2. The number of carboxylic acids is 1. The predicted molar refractivity (Wildman–Crippen MR) is 71.0 cm³/mol. The van der Waals surface area contributed by atoms with Crippen LogP contribution in [0.1, 0.15) is 5.56 Å². The van der Waals surface area contributed by atoms with Crippen molar-refractivity contribution in [3.05, 3.63) is 52.0 Å². The molecule has 2 rings (SSSR count). The number of aromatic nitrogens is 1. The van der Waals surface area contributed by atoms with Gasteiger partial charge in [0, 0.05) is 27.4 Å². The molecule has 0 saturated carbocycles.